The molecule has 0 aliphatic carbocycles. The van der Waals surface area contributed by atoms with E-state index < -0.39 is 0 Å². The fourth-order valence-electron chi connectivity index (χ4n) is 3.35. The number of benzene rings is 4. The summed E-state index contributed by atoms with van der Waals surface area (Å²) < 4.78 is 0. The van der Waals surface area contributed by atoms with Crippen LogP contribution in [0, 0.1) is 13.8 Å². The van der Waals surface area contributed by atoms with Crippen molar-refractivity contribution in [3.8, 4) is 22.3 Å². The van der Waals surface area contributed by atoms with Gasteiger partial charge in [0, 0.05) is 11.4 Å². The Bertz CT molecular complexity index is 1050. The van der Waals surface area contributed by atoms with Crippen LogP contribution in [0.15, 0.2) is 97.1 Å². The lowest BCUT2D eigenvalue weighted by atomic mass is 9.93. The van der Waals surface area contributed by atoms with E-state index in [1.807, 2.05) is 18.2 Å². The highest BCUT2D eigenvalue weighted by Crippen LogP contribution is 2.35. The molecule has 1 N–H and O–H groups in total. The predicted octanol–water partition coefficient (Wildman–Crippen LogP) is 7.38. The number of aryl methyl sites for hydroxylation is 2. The number of anilines is 2. The highest BCUT2D eigenvalue weighted by atomic mass is 14.9. The second-order valence-electron chi connectivity index (χ2n) is 6.99. The molecule has 4 rings (SSSR count). The average molecular weight is 349 g/mol. The maximum atomic E-state index is 3.52. The molecule has 0 spiro atoms. The third-order valence-corrected chi connectivity index (χ3v) is 4.77. The zero-order valence-electron chi connectivity index (χ0n) is 15.7. The molecule has 4 aromatic rings. The Morgan fingerprint density at radius 2 is 1.26 bits per heavy atom. The van der Waals surface area contributed by atoms with E-state index in [0.29, 0.717) is 0 Å². The molecule has 1 heteroatoms. The lowest BCUT2D eigenvalue weighted by molar-refractivity contribution is 1.45. The third-order valence-electron chi connectivity index (χ3n) is 4.77. The zero-order valence-corrected chi connectivity index (χ0v) is 15.7. The second-order valence-corrected chi connectivity index (χ2v) is 6.99. The molecule has 1 nitrogen and oxygen atoms in total. The van der Waals surface area contributed by atoms with Crippen molar-refractivity contribution >= 4 is 11.4 Å². The highest BCUT2D eigenvalue weighted by molar-refractivity contribution is 5.86. The van der Waals surface area contributed by atoms with Gasteiger partial charge in [0.05, 0.1) is 0 Å². The predicted molar refractivity (Wildman–Crippen MR) is 117 cm³/mol. The van der Waals surface area contributed by atoms with Crippen LogP contribution in [0.5, 0.6) is 0 Å². The van der Waals surface area contributed by atoms with Crippen molar-refractivity contribution in [1.29, 1.82) is 0 Å². The standard InChI is InChI=1S/C26H23N/c1-19-11-13-21(14-12-19)26-18-24(27-23-9-4-3-5-10-23)15-16-25(26)22-8-6-7-20(2)17-22/h3-18,27H,1-2H3. The monoisotopic (exact) mass is 349 g/mol. The number of nitrogens with one attached hydrogen (secondary N) is 1. The SMILES string of the molecule is Cc1ccc(-c2cc(Nc3ccccc3)ccc2-c2cccc(C)c2)cc1. The maximum Gasteiger partial charge on any atom is 0.0390 e. The maximum absolute atomic E-state index is 3.52. The minimum absolute atomic E-state index is 1.09. The summed E-state index contributed by atoms with van der Waals surface area (Å²) in [5.74, 6) is 0. The summed E-state index contributed by atoms with van der Waals surface area (Å²) in [5.41, 5.74) is 9.69. The van der Waals surface area contributed by atoms with Gasteiger partial charge < -0.3 is 5.32 Å². The number of hydrogen-bond donors (Lipinski definition) is 1. The van der Waals surface area contributed by atoms with Gasteiger partial charge in [-0.3, -0.25) is 0 Å². The van der Waals surface area contributed by atoms with Gasteiger partial charge >= 0.3 is 0 Å². The Kier molecular flexibility index (Phi) is 4.76. The van der Waals surface area contributed by atoms with Crippen LogP contribution in [-0.2, 0) is 0 Å². The molecule has 4 aromatic carbocycles. The molecule has 0 amide bonds. The van der Waals surface area contributed by atoms with E-state index in [-0.39, 0.29) is 0 Å². The summed E-state index contributed by atoms with van der Waals surface area (Å²) >= 11 is 0. The molecule has 0 aromatic heterocycles. The fourth-order valence-corrected chi connectivity index (χ4v) is 3.35. The summed E-state index contributed by atoms with van der Waals surface area (Å²) in [6.45, 7) is 4.26. The first-order valence-electron chi connectivity index (χ1n) is 9.29. The normalized spacial score (nSPS) is 10.6. The van der Waals surface area contributed by atoms with Gasteiger partial charge in [-0.2, -0.15) is 0 Å². The van der Waals surface area contributed by atoms with E-state index in [0.717, 1.165) is 11.4 Å². The molecular formula is C26H23N. The van der Waals surface area contributed by atoms with Crippen molar-refractivity contribution in [3.05, 3.63) is 108 Å². The van der Waals surface area contributed by atoms with E-state index >= 15 is 0 Å². The first-order valence-corrected chi connectivity index (χ1v) is 9.29. The first-order chi connectivity index (χ1) is 13.2. The molecule has 0 bridgehead atoms. The van der Waals surface area contributed by atoms with Gasteiger partial charge in [0.2, 0.25) is 0 Å². The quantitative estimate of drug-likeness (QED) is 0.405. The number of rotatable bonds is 4. The summed E-state index contributed by atoms with van der Waals surface area (Å²) in [5, 5.41) is 3.52. The fraction of sp³-hybridized carbons (Fsp3) is 0.0769. The van der Waals surface area contributed by atoms with E-state index in [1.165, 1.54) is 33.4 Å². The molecular weight excluding hydrogens is 326 g/mol. The van der Waals surface area contributed by atoms with Crippen LogP contribution in [0.25, 0.3) is 22.3 Å². The van der Waals surface area contributed by atoms with Crippen LogP contribution in [0.3, 0.4) is 0 Å². The van der Waals surface area contributed by atoms with Crippen molar-refractivity contribution in [2.24, 2.45) is 0 Å². The molecule has 0 atom stereocenters. The molecule has 0 aliphatic rings. The van der Waals surface area contributed by atoms with Crippen LogP contribution in [0.4, 0.5) is 11.4 Å². The topological polar surface area (TPSA) is 12.0 Å². The summed E-state index contributed by atoms with van der Waals surface area (Å²) in [6, 6.07) is 34.4. The average Bonchev–Trinajstić information content (AvgIpc) is 2.69. The lowest BCUT2D eigenvalue weighted by Crippen LogP contribution is -1.93. The van der Waals surface area contributed by atoms with Gasteiger partial charge in [-0.1, -0.05) is 83.9 Å². The Morgan fingerprint density at radius 1 is 0.481 bits per heavy atom. The third kappa shape index (κ3) is 3.93. The molecule has 0 unspecified atom stereocenters. The van der Waals surface area contributed by atoms with Gasteiger partial charge in [-0.15, -0.1) is 0 Å². The van der Waals surface area contributed by atoms with E-state index in [4.69, 9.17) is 0 Å². The van der Waals surface area contributed by atoms with Crippen molar-refractivity contribution < 1.29 is 0 Å². The minimum Gasteiger partial charge on any atom is -0.356 e. The van der Waals surface area contributed by atoms with Crippen LogP contribution in [0.2, 0.25) is 0 Å². The summed E-state index contributed by atoms with van der Waals surface area (Å²) in [7, 11) is 0. The van der Waals surface area contributed by atoms with Crippen molar-refractivity contribution in [2.75, 3.05) is 5.32 Å². The van der Waals surface area contributed by atoms with Crippen molar-refractivity contribution in [1.82, 2.24) is 0 Å². The molecule has 27 heavy (non-hydrogen) atoms. The van der Waals surface area contributed by atoms with Crippen molar-refractivity contribution in [2.45, 2.75) is 13.8 Å². The van der Waals surface area contributed by atoms with E-state index in [1.54, 1.807) is 0 Å². The minimum atomic E-state index is 1.09. The number of para-hydroxylation sites is 1. The van der Waals surface area contributed by atoms with Gasteiger partial charge in [0.15, 0.2) is 0 Å². The Labute approximate surface area is 161 Å². The van der Waals surface area contributed by atoms with Crippen LogP contribution < -0.4 is 5.32 Å². The highest BCUT2D eigenvalue weighted by Gasteiger charge is 2.09. The van der Waals surface area contributed by atoms with Gasteiger partial charge in [0.25, 0.3) is 0 Å². The molecule has 0 fully saturated rings. The number of hydrogen-bond acceptors (Lipinski definition) is 1. The second kappa shape index (κ2) is 7.51. The first kappa shape index (κ1) is 17.1. The molecule has 0 heterocycles. The van der Waals surface area contributed by atoms with Crippen LogP contribution in [-0.4, -0.2) is 0 Å². The van der Waals surface area contributed by atoms with Crippen LogP contribution >= 0.6 is 0 Å². The van der Waals surface area contributed by atoms with Crippen molar-refractivity contribution in [3.63, 3.8) is 0 Å². The Hall–Kier alpha value is -3.32. The molecule has 0 saturated carbocycles. The Balaban J connectivity index is 1.82. The van der Waals surface area contributed by atoms with Gasteiger partial charge in [0.1, 0.15) is 0 Å². The largest absolute Gasteiger partial charge is 0.356 e. The molecule has 132 valence electrons. The lowest BCUT2D eigenvalue weighted by Gasteiger charge is -2.15. The smallest absolute Gasteiger partial charge is 0.0390 e. The van der Waals surface area contributed by atoms with Gasteiger partial charge in [-0.05, 0) is 60.4 Å². The molecule has 0 aliphatic heterocycles. The summed E-state index contributed by atoms with van der Waals surface area (Å²) in [6.07, 6.45) is 0. The Morgan fingerprint density at radius 3 is 2.00 bits per heavy atom. The molecule has 0 saturated heterocycles. The van der Waals surface area contributed by atoms with Gasteiger partial charge in [-0.25, -0.2) is 0 Å². The molecule has 0 radical (unpaired) electrons. The zero-order chi connectivity index (χ0) is 18.6. The van der Waals surface area contributed by atoms with Crippen LogP contribution in [0.1, 0.15) is 11.1 Å². The van der Waals surface area contributed by atoms with E-state index in [2.05, 4.69) is 98.0 Å². The van der Waals surface area contributed by atoms with E-state index in [9.17, 15) is 0 Å². The summed E-state index contributed by atoms with van der Waals surface area (Å²) in [4.78, 5) is 0.